The molecule has 2 heterocycles. The number of rotatable bonds is 5. The van der Waals surface area contributed by atoms with Gasteiger partial charge in [-0.05, 0) is 73.3 Å². The number of carboxylic acid groups (broad SMARTS) is 1. The van der Waals surface area contributed by atoms with E-state index in [0.717, 1.165) is 0 Å². The SMILES string of the molecule is CCN1C(=O)/C(=C\c2ccc(-c3cc(C(=O)O)ccc3Cl)o2)SC1=Nc1ccc(F)cc1. The molecule has 32 heavy (non-hydrogen) atoms. The van der Waals surface area contributed by atoms with E-state index in [2.05, 4.69) is 4.99 Å². The lowest BCUT2D eigenvalue weighted by Crippen LogP contribution is -2.28. The first-order chi connectivity index (χ1) is 15.4. The van der Waals surface area contributed by atoms with Crippen LogP contribution >= 0.6 is 23.4 Å². The van der Waals surface area contributed by atoms with Gasteiger partial charge in [0.1, 0.15) is 17.3 Å². The van der Waals surface area contributed by atoms with Crippen molar-refractivity contribution >= 4 is 52.2 Å². The number of thioether (sulfide) groups is 1. The van der Waals surface area contributed by atoms with Crippen molar-refractivity contribution in [1.29, 1.82) is 0 Å². The minimum atomic E-state index is -1.07. The molecule has 0 bridgehead atoms. The number of carbonyl (C=O) groups excluding carboxylic acids is 1. The van der Waals surface area contributed by atoms with Gasteiger partial charge in [0.2, 0.25) is 0 Å². The third-order valence-corrected chi connectivity index (χ3v) is 5.97. The molecule has 1 N–H and O–H groups in total. The molecule has 0 spiro atoms. The zero-order chi connectivity index (χ0) is 22.8. The van der Waals surface area contributed by atoms with E-state index in [4.69, 9.17) is 16.0 Å². The highest BCUT2D eigenvalue weighted by molar-refractivity contribution is 8.18. The topological polar surface area (TPSA) is 83.1 Å². The molecule has 1 aliphatic heterocycles. The number of aliphatic imine (C=N–C) groups is 1. The fraction of sp³-hybridized carbons (Fsp3) is 0.0870. The van der Waals surface area contributed by atoms with Gasteiger partial charge in [-0.3, -0.25) is 9.69 Å². The first-order valence-corrected chi connectivity index (χ1v) is 10.7. The van der Waals surface area contributed by atoms with Crippen LogP contribution < -0.4 is 0 Å². The van der Waals surface area contributed by atoms with Crippen LogP contribution in [0.2, 0.25) is 5.02 Å². The quantitative estimate of drug-likeness (QED) is 0.458. The van der Waals surface area contributed by atoms with Crippen LogP contribution in [0, 0.1) is 5.82 Å². The van der Waals surface area contributed by atoms with Crippen LogP contribution in [-0.4, -0.2) is 33.6 Å². The smallest absolute Gasteiger partial charge is 0.335 e. The van der Waals surface area contributed by atoms with Crippen molar-refractivity contribution in [3.63, 3.8) is 0 Å². The second-order valence-electron chi connectivity index (χ2n) is 6.73. The number of aromatic carboxylic acids is 1. The van der Waals surface area contributed by atoms with E-state index in [1.807, 2.05) is 6.92 Å². The second-order valence-corrected chi connectivity index (χ2v) is 8.15. The molecule has 3 aromatic rings. The molecule has 1 amide bonds. The van der Waals surface area contributed by atoms with E-state index in [1.165, 1.54) is 59.1 Å². The highest BCUT2D eigenvalue weighted by Gasteiger charge is 2.32. The molecule has 0 aliphatic carbocycles. The van der Waals surface area contributed by atoms with Crippen molar-refractivity contribution in [2.24, 2.45) is 4.99 Å². The Morgan fingerprint density at radius 1 is 1.22 bits per heavy atom. The Kier molecular flexibility index (Phi) is 6.16. The number of benzene rings is 2. The van der Waals surface area contributed by atoms with Gasteiger partial charge >= 0.3 is 5.97 Å². The number of carbonyl (C=O) groups is 2. The number of hydrogen-bond donors (Lipinski definition) is 1. The third kappa shape index (κ3) is 4.46. The lowest BCUT2D eigenvalue weighted by molar-refractivity contribution is -0.122. The van der Waals surface area contributed by atoms with E-state index < -0.39 is 5.97 Å². The zero-order valence-corrected chi connectivity index (χ0v) is 18.3. The van der Waals surface area contributed by atoms with Crippen LogP contribution in [0.3, 0.4) is 0 Å². The molecular weight excluding hydrogens is 455 g/mol. The molecule has 162 valence electrons. The summed E-state index contributed by atoms with van der Waals surface area (Å²) in [7, 11) is 0. The Morgan fingerprint density at radius 3 is 2.66 bits per heavy atom. The Labute approximate surface area is 192 Å². The summed E-state index contributed by atoms with van der Waals surface area (Å²) in [4.78, 5) is 30.5. The molecule has 9 heteroatoms. The first kappa shape index (κ1) is 21.9. The number of hydrogen-bond acceptors (Lipinski definition) is 5. The van der Waals surface area contributed by atoms with Crippen LogP contribution in [0.15, 0.2) is 68.9 Å². The molecule has 0 atom stereocenters. The Bertz CT molecular complexity index is 1270. The normalized spacial score (nSPS) is 16.3. The van der Waals surface area contributed by atoms with Gasteiger partial charge in [-0.15, -0.1) is 0 Å². The van der Waals surface area contributed by atoms with Crippen molar-refractivity contribution in [1.82, 2.24) is 4.90 Å². The monoisotopic (exact) mass is 470 g/mol. The summed E-state index contributed by atoms with van der Waals surface area (Å²) >= 11 is 7.40. The van der Waals surface area contributed by atoms with Gasteiger partial charge in [-0.1, -0.05) is 11.6 Å². The molecule has 1 fully saturated rings. The van der Waals surface area contributed by atoms with E-state index in [1.54, 1.807) is 18.2 Å². The van der Waals surface area contributed by atoms with E-state index in [9.17, 15) is 19.1 Å². The number of furan rings is 1. The maximum Gasteiger partial charge on any atom is 0.335 e. The predicted octanol–water partition coefficient (Wildman–Crippen LogP) is 6.06. The summed E-state index contributed by atoms with van der Waals surface area (Å²) < 4.78 is 19.0. The van der Waals surface area contributed by atoms with Gasteiger partial charge in [-0.2, -0.15) is 0 Å². The Morgan fingerprint density at radius 2 is 1.97 bits per heavy atom. The highest BCUT2D eigenvalue weighted by Crippen LogP contribution is 2.36. The van der Waals surface area contributed by atoms with Gasteiger partial charge in [0.15, 0.2) is 5.17 Å². The number of carboxylic acids is 1. The molecule has 2 aromatic carbocycles. The summed E-state index contributed by atoms with van der Waals surface area (Å²) in [5.74, 6) is -0.862. The molecule has 0 unspecified atom stereocenters. The molecule has 6 nitrogen and oxygen atoms in total. The van der Waals surface area contributed by atoms with Crippen molar-refractivity contribution < 1.29 is 23.5 Å². The van der Waals surface area contributed by atoms with Crippen molar-refractivity contribution in [2.75, 3.05) is 6.54 Å². The Hall–Kier alpha value is -3.36. The van der Waals surface area contributed by atoms with Gasteiger partial charge in [0.25, 0.3) is 5.91 Å². The zero-order valence-electron chi connectivity index (χ0n) is 16.7. The van der Waals surface area contributed by atoms with E-state index in [-0.39, 0.29) is 17.3 Å². The molecule has 0 radical (unpaired) electrons. The van der Waals surface area contributed by atoms with Crippen molar-refractivity contribution in [2.45, 2.75) is 6.92 Å². The maximum atomic E-state index is 13.1. The van der Waals surface area contributed by atoms with Crippen LogP contribution in [-0.2, 0) is 4.79 Å². The summed E-state index contributed by atoms with van der Waals surface area (Å²) in [5.41, 5.74) is 1.06. The van der Waals surface area contributed by atoms with E-state index in [0.29, 0.717) is 44.4 Å². The average Bonchev–Trinajstić information content (AvgIpc) is 3.34. The van der Waals surface area contributed by atoms with E-state index >= 15 is 0 Å². The number of nitrogens with zero attached hydrogens (tertiary/aromatic N) is 2. The van der Waals surface area contributed by atoms with Gasteiger partial charge < -0.3 is 9.52 Å². The van der Waals surface area contributed by atoms with Crippen molar-refractivity contribution in [3.8, 4) is 11.3 Å². The maximum absolute atomic E-state index is 13.1. The third-order valence-electron chi connectivity index (χ3n) is 4.63. The minimum absolute atomic E-state index is 0.0856. The van der Waals surface area contributed by atoms with Gasteiger partial charge in [0.05, 0.1) is 21.2 Å². The lowest BCUT2D eigenvalue weighted by Gasteiger charge is -2.11. The largest absolute Gasteiger partial charge is 0.478 e. The minimum Gasteiger partial charge on any atom is -0.478 e. The fourth-order valence-electron chi connectivity index (χ4n) is 3.05. The molecule has 0 saturated carbocycles. The first-order valence-electron chi connectivity index (χ1n) is 9.54. The molecule has 1 saturated heterocycles. The summed E-state index contributed by atoms with van der Waals surface area (Å²) in [6, 6.07) is 13.4. The van der Waals surface area contributed by atoms with Crippen molar-refractivity contribution in [3.05, 3.63) is 81.7 Å². The number of amidine groups is 1. The lowest BCUT2D eigenvalue weighted by atomic mass is 10.1. The Balaban J connectivity index is 1.63. The summed E-state index contributed by atoms with van der Waals surface area (Å²) in [6.07, 6.45) is 1.60. The molecular formula is C23H16ClFN2O4S. The second kappa shape index (κ2) is 9.02. The van der Waals surface area contributed by atoms with Gasteiger partial charge in [-0.25, -0.2) is 14.2 Å². The summed E-state index contributed by atoms with van der Waals surface area (Å²) in [6.45, 7) is 2.26. The van der Waals surface area contributed by atoms with Crippen LogP contribution in [0.25, 0.3) is 17.4 Å². The number of amides is 1. The number of likely N-dealkylation sites (N-methyl/N-ethyl adjacent to an activating group) is 1. The average molecular weight is 471 g/mol. The standard InChI is InChI=1S/C23H16ClFN2O4S/c1-2-27-21(28)20(32-23(27)26-15-6-4-14(25)5-7-15)12-16-8-10-19(31-16)17-11-13(22(29)30)3-9-18(17)24/h3-12H,2H2,1H3,(H,29,30)/b20-12+,26-23?. The van der Waals surface area contributed by atoms with Crippen LogP contribution in [0.5, 0.6) is 0 Å². The molecule has 1 aromatic heterocycles. The van der Waals surface area contributed by atoms with Gasteiger partial charge in [0, 0.05) is 18.2 Å². The molecule has 1 aliphatic rings. The van der Waals surface area contributed by atoms with Crippen LogP contribution in [0.4, 0.5) is 10.1 Å². The molecule has 4 rings (SSSR count). The van der Waals surface area contributed by atoms with Crippen LogP contribution in [0.1, 0.15) is 23.0 Å². The summed E-state index contributed by atoms with van der Waals surface area (Å²) in [5, 5.41) is 10.0. The highest BCUT2D eigenvalue weighted by atomic mass is 35.5. The number of halogens is 2. The fourth-order valence-corrected chi connectivity index (χ4v) is 4.30. The predicted molar refractivity (Wildman–Crippen MR) is 123 cm³/mol.